The van der Waals surface area contributed by atoms with Crippen LogP contribution >= 0.6 is 23.2 Å². The van der Waals surface area contributed by atoms with E-state index in [1.807, 2.05) is 0 Å². The van der Waals surface area contributed by atoms with Crippen molar-refractivity contribution in [3.63, 3.8) is 0 Å². The monoisotopic (exact) mass is 349 g/mol. The molecule has 2 saturated heterocycles. The van der Waals surface area contributed by atoms with Gasteiger partial charge in [0.1, 0.15) is 0 Å². The molecule has 116 valence electrons. The molecule has 0 saturated carbocycles. The Morgan fingerprint density at radius 3 is 2.24 bits per heavy atom. The van der Waals surface area contributed by atoms with Crippen molar-refractivity contribution < 1.29 is 8.42 Å². The van der Waals surface area contributed by atoms with Crippen molar-refractivity contribution in [3.8, 4) is 0 Å². The van der Waals surface area contributed by atoms with Crippen LogP contribution in [0.4, 0.5) is 0 Å². The van der Waals surface area contributed by atoms with Crippen LogP contribution in [0.1, 0.15) is 0 Å². The lowest BCUT2D eigenvalue weighted by Gasteiger charge is -2.42. The fourth-order valence-corrected chi connectivity index (χ4v) is 4.44. The van der Waals surface area contributed by atoms with Crippen LogP contribution < -0.4 is 5.32 Å². The molecular formula is C13H17Cl2N3O2S. The van der Waals surface area contributed by atoms with Gasteiger partial charge in [0.25, 0.3) is 0 Å². The summed E-state index contributed by atoms with van der Waals surface area (Å²) in [5, 5.41) is 3.86. The maximum absolute atomic E-state index is 12.6. The number of hydrogen-bond donors (Lipinski definition) is 1. The first-order valence-electron chi connectivity index (χ1n) is 6.88. The Bertz CT molecular complexity index is 626. The molecule has 0 atom stereocenters. The summed E-state index contributed by atoms with van der Waals surface area (Å²) < 4.78 is 26.7. The summed E-state index contributed by atoms with van der Waals surface area (Å²) in [4.78, 5) is 2.55. The zero-order valence-electron chi connectivity index (χ0n) is 11.4. The number of benzene rings is 1. The minimum Gasteiger partial charge on any atom is -0.314 e. The van der Waals surface area contributed by atoms with Gasteiger partial charge in [0.2, 0.25) is 10.0 Å². The van der Waals surface area contributed by atoms with Gasteiger partial charge in [-0.25, -0.2) is 8.42 Å². The smallest absolute Gasteiger partial charge is 0.243 e. The van der Waals surface area contributed by atoms with Gasteiger partial charge < -0.3 is 5.32 Å². The maximum Gasteiger partial charge on any atom is 0.243 e. The Morgan fingerprint density at radius 2 is 1.71 bits per heavy atom. The molecule has 0 bridgehead atoms. The van der Waals surface area contributed by atoms with Crippen LogP contribution in [-0.4, -0.2) is 62.9 Å². The van der Waals surface area contributed by atoms with Gasteiger partial charge in [-0.2, -0.15) is 4.31 Å². The molecular weight excluding hydrogens is 333 g/mol. The number of rotatable bonds is 3. The van der Waals surface area contributed by atoms with Gasteiger partial charge in [0, 0.05) is 45.3 Å². The van der Waals surface area contributed by atoms with E-state index in [2.05, 4.69) is 10.2 Å². The minimum atomic E-state index is -3.49. The highest BCUT2D eigenvalue weighted by molar-refractivity contribution is 7.89. The molecule has 2 fully saturated rings. The second kappa shape index (κ2) is 6.02. The molecule has 1 N–H and O–H groups in total. The summed E-state index contributed by atoms with van der Waals surface area (Å²) in [5.74, 6) is 0. The SMILES string of the molecule is O=S(=O)(c1ccc(Cl)c(Cl)c1)N1CCN(C2CNC2)CC1. The van der Waals surface area contributed by atoms with E-state index in [4.69, 9.17) is 23.2 Å². The molecule has 0 spiro atoms. The van der Waals surface area contributed by atoms with Crippen LogP contribution in [0.15, 0.2) is 23.1 Å². The number of piperazine rings is 1. The lowest BCUT2D eigenvalue weighted by Crippen LogP contribution is -2.62. The first-order valence-corrected chi connectivity index (χ1v) is 9.08. The van der Waals surface area contributed by atoms with Gasteiger partial charge in [0.15, 0.2) is 0 Å². The van der Waals surface area contributed by atoms with Crippen LogP contribution in [0.3, 0.4) is 0 Å². The molecule has 0 aromatic heterocycles. The van der Waals surface area contributed by atoms with E-state index in [1.165, 1.54) is 22.5 Å². The number of halogens is 2. The number of sulfonamides is 1. The van der Waals surface area contributed by atoms with Crippen molar-refractivity contribution in [1.29, 1.82) is 0 Å². The van der Waals surface area contributed by atoms with E-state index in [1.54, 1.807) is 0 Å². The largest absolute Gasteiger partial charge is 0.314 e. The van der Waals surface area contributed by atoms with Gasteiger partial charge in [0.05, 0.1) is 14.9 Å². The van der Waals surface area contributed by atoms with E-state index < -0.39 is 10.0 Å². The quantitative estimate of drug-likeness (QED) is 0.892. The Kier molecular flexibility index (Phi) is 4.45. The van der Waals surface area contributed by atoms with Crippen molar-refractivity contribution in [3.05, 3.63) is 28.2 Å². The Morgan fingerprint density at radius 1 is 1.05 bits per heavy atom. The van der Waals surface area contributed by atoms with Gasteiger partial charge in [-0.1, -0.05) is 23.2 Å². The van der Waals surface area contributed by atoms with Crippen molar-refractivity contribution in [2.24, 2.45) is 0 Å². The van der Waals surface area contributed by atoms with Crippen molar-refractivity contribution in [2.75, 3.05) is 39.3 Å². The van der Waals surface area contributed by atoms with Crippen LogP contribution in [-0.2, 0) is 10.0 Å². The predicted molar refractivity (Wildman–Crippen MR) is 83.5 cm³/mol. The van der Waals surface area contributed by atoms with Gasteiger partial charge >= 0.3 is 0 Å². The summed E-state index contributed by atoms with van der Waals surface area (Å²) in [6, 6.07) is 5.00. The number of hydrogen-bond acceptors (Lipinski definition) is 4. The molecule has 2 aliphatic heterocycles. The topological polar surface area (TPSA) is 52.7 Å². The summed E-state index contributed by atoms with van der Waals surface area (Å²) in [6.45, 7) is 4.57. The minimum absolute atomic E-state index is 0.204. The highest BCUT2D eigenvalue weighted by Crippen LogP contribution is 2.27. The van der Waals surface area contributed by atoms with E-state index in [0.717, 1.165) is 26.2 Å². The molecule has 1 aromatic carbocycles. The Balaban J connectivity index is 1.72. The molecule has 1 aromatic rings. The Hall–Kier alpha value is -0.370. The summed E-state index contributed by atoms with van der Waals surface area (Å²) >= 11 is 11.8. The van der Waals surface area contributed by atoms with Crippen LogP contribution in [0, 0.1) is 0 Å². The Labute approximate surface area is 134 Å². The summed E-state index contributed by atoms with van der Waals surface area (Å²) in [7, 11) is -3.49. The van der Waals surface area contributed by atoms with Crippen LogP contribution in [0.2, 0.25) is 10.0 Å². The molecule has 5 nitrogen and oxygen atoms in total. The molecule has 0 unspecified atom stereocenters. The predicted octanol–water partition coefficient (Wildman–Crippen LogP) is 1.27. The third-order valence-electron chi connectivity index (χ3n) is 4.08. The summed E-state index contributed by atoms with van der Waals surface area (Å²) in [5.41, 5.74) is 0. The standard InChI is InChI=1S/C13H17Cl2N3O2S/c14-12-2-1-11(7-13(12)15)21(19,20)18-5-3-17(4-6-18)10-8-16-9-10/h1-2,7,10,16H,3-6,8-9H2. The van der Waals surface area contributed by atoms with Crippen molar-refractivity contribution in [1.82, 2.24) is 14.5 Å². The van der Waals surface area contributed by atoms with Crippen molar-refractivity contribution >= 4 is 33.2 Å². The second-order valence-electron chi connectivity index (χ2n) is 5.33. The highest BCUT2D eigenvalue weighted by atomic mass is 35.5. The van der Waals surface area contributed by atoms with E-state index in [0.29, 0.717) is 24.2 Å². The molecule has 0 aliphatic carbocycles. The van der Waals surface area contributed by atoms with E-state index in [-0.39, 0.29) is 9.92 Å². The van der Waals surface area contributed by atoms with E-state index >= 15 is 0 Å². The zero-order chi connectivity index (χ0) is 15.0. The molecule has 21 heavy (non-hydrogen) atoms. The first-order chi connectivity index (χ1) is 9.98. The fraction of sp³-hybridized carbons (Fsp3) is 0.538. The number of nitrogens with zero attached hydrogens (tertiary/aromatic N) is 2. The fourth-order valence-electron chi connectivity index (χ4n) is 2.63. The number of nitrogens with one attached hydrogen (secondary N) is 1. The lowest BCUT2D eigenvalue weighted by molar-refractivity contribution is 0.103. The highest BCUT2D eigenvalue weighted by Gasteiger charge is 2.32. The third kappa shape index (κ3) is 3.06. The molecule has 0 amide bonds. The molecule has 3 rings (SSSR count). The summed E-state index contributed by atoms with van der Waals surface area (Å²) in [6.07, 6.45) is 0. The molecule has 0 radical (unpaired) electrons. The van der Waals surface area contributed by atoms with E-state index in [9.17, 15) is 8.42 Å². The van der Waals surface area contributed by atoms with Crippen molar-refractivity contribution in [2.45, 2.75) is 10.9 Å². The lowest BCUT2D eigenvalue weighted by atomic mass is 10.1. The average Bonchev–Trinajstić information content (AvgIpc) is 2.40. The van der Waals surface area contributed by atoms with Crippen LogP contribution in [0.5, 0.6) is 0 Å². The normalized spacial score (nSPS) is 22.2. The third-order valence-corrected chi connectivity index (χ3v) is 6.71. The molecule has 2 aliphatic rings. The second-order valence-corrected chi connectivity index (χ2v) is 8.08. The van der Waals surface area contributed by atoms with Crippen LogP contribution in [0.25, 0.3) is 0 Å². The average molecular weight is 350 g/mol. The van der Waals surface area contributed by atoms with Gasteiger partial charge in [-0.3, -0.25) is 4.90 Å². The van der Waals surface area contributed by atoms with Gasteiger partial charge in [-0.15, -0.1) is 0 Å². The molecule has 8 heteroatoms. The molecule has 2 heterocycles. The zero-order valence-corrected chi connectivity index (χ0v) is 13.8. The maximum atomic E-state index is 12.6. The van der Waals surface area contributed by atoms with Gasteiger partial charge in [-0.05, 0) is 18.2 Å². The first kappa shape index (κ1) is 15.5.